The Balaban J connectivity index is 2.80. The van der Waals surface area contributed by atoms with Gasteiger partial charge in [0.2, 0.25) is 0 Å². The number of aromatic nitrogens is 2. The highest BCUT2D eigenvalue weighted by molar-refractivity contribution is 8.13. The molecule has 0 unspecified atom stereocenters. The lowest BCUT2D eigenvalue weighted by molar-refractivity contribution is 0.609. The van der Waals surface area contributed by atoms with E-state index in [2.05, 4.69) is 5.10 Å². The molecule has 0 radical (unpaired) electrons. The van der Waals surface area contributed by atoms with E-state index in [9.17, 15) is 8.42 Å². The molecule has 0 aliphatic rings. The minimum Gasteiger partial charge on any atom is -0.220 e. The lowest BCUT2D eigenvalue weighted by atomic mass is 10.1. The minimum atomic E-state index is -3.93. The van der Waals surface area contributed by atoms with Crippen molar-refractivity contribution in [2.24, 2.45) is 0 Å². The molecule has 7 heteroatoms. The molecule has 0 spiro atoms. The third-order valence-corrected chi connectivity index (χ3v) is 4.94. The van der Waals surface area contributed by atoms with Gasteiger partial charge in [-0.15, -0.1) is 0 Å². The zero-order valence-electron chi connectivity index (χ0n) is 11.5. The molecule has 0 amide bonds. The Morgan fingerprint density at radius 1 is 1.10 bits per heavy atom. The molecule has 0 fully saturated rings. The first kappa shape index (κ1) is 15.4. The van der Waals surface area contributed by atoms with Gasteiger partial charge in [-0.05, 0) is 38.8 Å². The number of benzene rings is 1. The second-order valence-corrected chi connectivity index (χ2v) is 7.66. The quantitative estimate of drug-likeness (QED) is 0.788. The Bertz CT molecular complexity index is 772. The molecule has 1 heterocycles. The van der Waals surface area contributed by atoms with Gasteiger partial charge in [0.1, 0.15) is 4.90 Å². The zero-order chi connectivity index (χ0) is 15.2. The van der Waals surface area contributed by atoms with Gasteiger partial charge < -0.3 is 0 Å². The van der Waals surface area contributed by atoms with Crippen molar-refractivity contribution in [3.05, 3.63) is 39.7 Å². The number of nitrogens with zero attached hydrogens (tertiary/aromatic N) is 2. The number of rotatable bonds is 2. The zero-order valence-corrected chi connectivity index (χ0v) is 13.9. The van der Waals surface area contributed by atoms with Crippen LogP contribution in [-0.2, 0) is 9.05 Å². The molecule has 2 rings (SSSR count). The average molecular weight is 333 g/mol. The lowest BCUT2D eigenvalue weighted by Gasteiger charge is -2.12. The van der Waals surface area contributed by atoms with Crippen molar-refractivity contribution >= 4 is 31.3 Å². The molecule has 0 bridgehead atoms. The van der Waals surface area contributed by atoms with Crippen molar-refractivity contribution in [3.8, 4) is 5.69 Å². The normalized spacial score (nSPS) is 11.9. The van der Waals surface area contributed by atoms with E-state index in [1.165, 1.54) is 4.68 Å². The van der Waals surface area contributed by atoms with Gasteiger partial charge >= 0.3 is 0 Å². The van der Waals surface area contributed by atoms with Gasteiger partial charge in [0, 0.05) is 10.7 Å². The maximum Gasteiger partial charge on any atom is 0.266 e. The van der Waals surface area contributed by atoms with Gasteiger partial charge in [0.15, 0.2) is 5.15 Å². The summed E-state index contributed by atoms with van der Waals surface area (Å²) in [6.45, 7) is 7.42. The largest absolute Gasteiger partial charge is 0.266 e. The number of hydrogen-bond acceptors (Lipinski definition) is 3. The number of aryl methyl sites for hydroxylation is 4. The second kappa shape index (κ2) is 5.06. The fourth-order valence-corrected chi connectivity index (χ4v) is 4.33. The van der Waals surface area contributed by atoms with Gasteiger partial charge in [0.25, 0.3) is 9.05 Å². The predicted molar refractivity (Wildman–Crippen MR) is 80.6 cm³/mol. The van der Waals surface area contributed by atoms with Crippen LogP contribution in [0, 0.1) is 27.7 Å². The molecule has 0 saturated heterocycles. The van der Waals surface area contributed by atoms with Crippen molar-refractivity contribution in [2.75, 3.05) is 0 Å². The summed E-state index contributed by atoms with van der Waals surface area (Å²) in [4.78, 5) is -0.139. The fourth-order valence-electron chi connectivity index (χ4n) is 2.42. The maximum absolute atomic E-state index is 11.6. The van der Waals surface area contributed by atoms with Gasteiger partial charge in [-0.3, -0.25) is 0 Å². The second-order valence-electron chi connectivity index (χ2n) is 4.80. The van der Waals surface area contributed by atoms with E-state index in [1.807, 2.05) is 32.9 Å². The van der Waals surface area contributed by atoms with Crippen molar-refractivity contribution in [2.45, 2.75) is 32.6 Å². The van der Waals surface area contributed by atoms with E-state index in [0.717, 1.165) is 22.4 Å². The monoisotopic (exact) mass is 332 g/mol. The Morgan fingerprint density at radius 3 is 2.00 bits per heavy atom. The van der Waals surface area contributed by atoms with Crippen LogP contribution in [0.15, 0.2) is 17.0 Å². The first-order chi connectivity index (χ1) is 9.12. The van der Waals surface area contributed by atoms with Crippen LogP contribution in [0.2, 0.25) is 5.15 Å². The predicted octanol–water partition coefficient (Wildman–Crippen LogP) is 3.69. The Hall–Kier alpha value is -1.04. The number of hydrogen-bond donors (Lipinski definition) is 0. The number of halogens is 2. The minimum absolute atomic E-state index is 0.00699. The molecular formula is C13H14Cl2N2O2S. The first-order valence-electron chi connectivity index (χ1n) is 5.91. The molecule has 2 aromatic rings. The van der Waals surface area contributed by atoms with Gasteiger partial charge in [-0.1, -0.05) is 29.3 Å². The third kappa shape index (κ3) is 2.57. The summed E-state index contributed by atoms with van der Waals surface area (Å²) in [6, 6.07) is 3.98. The average Bonchev–Trinajstić information content (AvgIpc) is 2.51. The molecule has 108 valence electrons. The van der Waals surface area contributed by atoms with E-state index in [4.69, 9.17) is 22.3 Å². The highest BCUT2D eigenvalue weighted by Gasteiger charge is 2.25. The molecule has 1 aromatic heterocycles. The Morgan fingerprint density at radius 2 is 1.60 bits per heavy atom. The van der Waals surface area contributed by atoms with E-state index in [0.29, 0.717) is 0 Å². The van der Waals surface area contributed by atoms with Crippen LogP contribution < -0.4 is 0 Å². The smallest absolute Gasteiger partial charge is 0.220 e. The Labute approximate surface area is 127 Å². The molecule has 0 saturated carbocycles. The summed E-state index contributed by atoms with van der Waals surface area (Å²) >= 11 is 6.17. The summed E-state index contributed by atoms with van der Waals surface area (Å²) in [5.74, 6) is 0. The van der Waals surface area contributed by atoms with E-state index in [1.54, 1.807) is 6.92 Å². The third-order valence-electron chi connectivity index (χ3n) is 3.04. The van der Waals surface area contributed by atoms with Gasteiger partial charge in [0.05, 0.1) is 11.4 Å². The molecule has 4 nitrogen and oxygen atoms in total. The topological polar surface area (TPSA) is 52.0 Å². The van der Waals surface area contributed by atoms with Crippen molar-refractivity contribution in [3.63, 3.8) is 0 Å². The van der Waals surface area contributed by atoms with Crippen LogP contribution in [0.25, 0.3) is 5.69 Å². The van der Waals surface area contributed by atoms with Crippen LogP contribution in [-0.4, -0.2) is 18.2 Å². The van der Waals surface area contributed by atoms with Crippen LogP contribution >= 0.6 is 22.3 Å². The molecule has 0 aliphatic carbocycles. The fraction of sp³-hybridized carbons (Fsp3) is 0.308. The summed E-state index contributed by atoms with van der Waals surface area (Å²) in [5, 5.41) is 4.23. The van der Waals surface area contributed by atoms with E-state index >= 15 is 0 Å². The molecule has 20 heavy (non-hydrogen) atoms. The van der Waals surface area contributed by atoms with Crippen LogP contribution in [0.3, 0.4) is 0 Å². The Kier molecular flexibility index (Phi) is 3.88. The molecule has 1 aromatic carbocycles. The standard InChI is InChI=1S/C13H14Cl2N2O2S/c1-7-5-8(2)11(9(3)6-7)17-13(14)12(10(4)16-17)20(15,18)19/h5-6H,1-4H3. The van der Waals surface area contributed by atoms with Crippen molar-refractivity contribution in [1.29, 1.82) is 0 Å². The highest BCUT2D eigenvalue weighted by Crippen LogP contribution is 2.32. The molecule has 0 aliphatic heterocycles. The lowest BCUT2D eigenvalue weighted by Crippen LogP contribution is -2.03. The van der Waals surface area contributed by atoms with Crippen molar-refractivity contribution < 1.29 is 8.42 Å². The van der Waals surface area contributed by atoms with Crippen LogP contribution in [0.5, 0.6) is 0 Å². The summed E-state index contributed by atoms with van der Waals surface area (Å²) < 4.78 is 24.6. The summed E-state index contributed by atoms with van der Waals surface area (Å²) in [5.41, 5.74) is 4.10. The van der Waals surface area contributed by atoms with Crippen LogP contribution in [0.1, 0.15) is 22.4 Å². The summed E-state index contributed by atoms with van der Waals surface area (Å²) in [7, 11) is 1.48. The maximum atomic E-state index is 11.6. The van der Waals surface area contributed by atoms with E-state index < -0.39 is 9.05 Å². The van der Waals surface area contributed by atoms with Gasteiger partial charge in [-0.2, -0.15) is 5.10 Å². The highest BCUT2D eigenvalue weighted by atomic mass is 35.7. The molecule has 0 N–H and O–H groups in total. The molecule has 0 atom stereocenters. The molecular weight excluding hydrogens is 319 g/mol. The van der Waals surface area contributed by atoms with Crippen molar-refractivity contribution in [1.82, 2.24) is 9.78 Å². The SMILES string of the molecule is Cc1cc(C)c(-n2nc(C)c(S(=O)(=O)Cl)c2Cl)c(C)c1. The van der Waals surface area contributed by atoms with E-state index in [-0.39, 0.29) is 15.7 Å². The van der Waals surface area contributed by atoms with Gasteiger partial charge in [-0.25, -0.2) is 13.1 Å². The van der Waals surface area contributed by atoms with Crippen LogP contribution in [0.4, 0.5) is 0 Å². The first-order valence-corrected chi connectivity index (χ1v) is 8.59. The summed E-state index contributed by atoms with van der Waals surface area (Å²) in [6.07, 6.45) is 0.